The first-order valence-corrected chi connectivity index (χ1v) is 18.7. The Morgan fingerprint density at radius 3 is 1.61 bits per heavy atom. The Balaban J connectivity index is 0.000000244. The molecule has 244 valence electrons. The minimum Gasteiger partial charge on any atom is -0.478 e. The van der Waals surface area contributed by atoms with E-state index in [1.54, 1.807) is 6.07 Å². The van der Waals surface area contributed by atoms with E-state index in [4.69, 9.17) is 19.0 Å². The van der Waals surface area contributed by atoms with E-state index >= 15 is 0 Å². The molecule has 0 aromatic heterocycles. The number of carbonyl (C=O) groups is 2. The van der Waals surface area contributed by atoms with Crippen LogP contribution in [0.1, 0.15) is 84.2 Å². The summed E-state index contributed by atoms with van der Waals surface area (Å²) >= 11 is 0. The summed E-state index contributed by atoms with van der Waals surface area (Å²) in [5.41, 5.74) is -1.08. The normalized spacial score (nSPS) is 19.3. The number of carboxylic acids is 2. The highest BCUT2D eigenvalue weighted by Gasteiger charge is 2.44. The zero-order chi connectivity index (χ0) is 32.7. The molecule has 2 saturated heterocycles. The summed E-state index contributed by atoms with van der Waals surface area (Å²) in [7, 11) is -1.95. The smallest absolute Gasteiger partial charge is 0.335 e. The van der Waals surface area contributed by atoms with Crippen LogP contribution in [0.25, 0.3) is 0 Å². The van der Waals surface area contributed by atoms with Gasteiger partial charge in [0.05, 0.1) is 22.3 Å². The molecular formula is C33H46F2O8Si. The first-order chi connectivity index (χ1) is 20.6. The number of aromatic carboxylic acids is 2. The van der Waals surface area contributed by atoms with Crippen molar-refractivity contribution >= 4 is 20.3 Å². The minimum absolute atomic E-state index is 0.0333. The second-order valence-corrected chi connectivity index (χ2v) is 17.0. The van der Waals surface area contributed by atoms with E-state index in [-0.39, 0.29) is 23.0 Å². The Morgan fingerprint density at radius 2 is 1.20 bits per heavy atom. The van der Waals surface area contributed by atoms with Crippen molar-refractivity contribution in [2.45, 2.75) is 83.2 Å². The number of benzene rings is 2. The van der Waals surface area contributed by atoms with Gasteiger partial charge in [-0.25, -0.2) is 18.4 Å². The van der Waals surface area contributed by atoms with Crippen molar-refractivity contribution < 1.29 is 47.6 Å². The van der Waals surface area contributed by atoms with Gasteiger partial charge in [0.15, 0.2) is 8.32 Å². The molecule has 2 fully saturated rings. The predicted molar refractivity (Wildman–Crippen MR) is 164 cm³/mol. The molecule has 3 N–H and O–H groups in total. The van der Waals surface area contributed by atoms with Crippen molar-refractivity contribution in [3.63, 3.8) is 0 Å². The van der Waals surface area contributed by atoms with Crippen molar-refractivity contribution in [3.05, 3.63) is 70.3 Å². The third kappa shape index (κ3) is 8.72. The standard InChI is InChI=1S/C18H27FO4Si.C15H19FO4/c1-5-18(23-24(2,3)4,14-6-8-22-9-7-14)15-10-13(17(20)21)11-16(19)12-15;1-2-15(19,11-3-5-20-6-4-11)12-7-10(14(17)18)8-13(16)9-12/h10-12,14H,5-9H2,1-4H3,(H,20,21);7-9,11,19H,2-6H2,1H3,(H,17,18). The lowest BCUT2D eigenvalue weighted by Gasteiger charge is -2.46. The second-order valence-electron chi connectivity index (χ2n) is 12.6. The van der Waals surface area contributed by atoms with Gasteiger partial charge >= 0.3 is 11.9 Å². The van der Waals surface area contributed by atoms with Gasteiger partial charge in [0, 0.05) is 26.4 Å². The maximum Gasteiger partial charge on any atom is 0.335 e. The van der Waals surface area contributed by atoms with E-state index in [2.05, 4.69) is 19.6 Å². The fraction of sp³-hybridized carbons (Fsp3) is 0.576. The molecule has 2 aliphatic heterocycles. The van der Waals surface area contributed by atoms with Gasteiger partial charge in [0.2, 0.25) is 0 Å². The average molecular weight is 637 g/mol. The zero-order valence-corrected chi connectivity index (χ0v) is 27.3. The number of rotatable bonds is 10. The van der Waals surface area contributed by atoms with Crippen LogP contribution in [0.2, 0.25) is 19.6 Å². The van der Waals surface area contributed by atoms with Gasteiger partial charge in [0.25, 0.3) is 0 Å². The molecule has 2 aromatic rings. The molecule has 2 aromatic carbocycles. The molecule has 0 amide bonds. The lowest BCUT2D eigenvalue weighted by Crippen LogP contribution is -2.47. The summed E-state index contributed by atoms with van der Waals surface area (Å²) in [6, 6.07) is 7.63. The third-order valence-electron chi connectivity index (χ3n) is 8.61. The van der Waals surface area contributed by atoms with Crippen molar-refractivity contribution in [3.8, 4) is 0 Å². The van der Waals surface area contributed by atoms with Gasteiger partial charge in [0.1, 0.15) is 11.6 Å². The minimum atomic E-state index is -1.95. The van der Waals surface area contributed by atoms with Crippen LogP contribution in [-0.4, -0.2) is 62.0 Å². The maximum atomic E-state index is 14.1. The topological polar surface area (TPSA) is 123 Å². The number of carboxylic acid groups (broad SMARTS) is 2. The zero-order valence-electron chi connectivity index (χ0n) is 26.3. The van der Waals surface area contributed by atoms with Gasteiger partial charge in [-0.3, -0.25) is 0 Å². The molecule has 2 heterocycles. The molecule has 0 aliphatic carbocycles. The molecular weight excluding hydrogens is 590 g/mol. The SMILES string of the molecule is CCC(O)(c1cc(F)cc(C(=O)O)c1)C1CCOCC1.CCC(O[Si](C)(C)C)(c1cc(F)cc(C(=O)O)c1)C1CCOCC1. The second kappa shape index (κ2) is 15.1. The molecule has 2 aliphatic rings. The van der Waals surface area contributed by atoms with Gasteiger partial charge in [-0.1, -0.05) is 13.8 Å². The van der Waals surface area contributed by atoms with Gasteiger partial charge < -0.3 is 29.2 Å². The van der Waals surface area contributed by atoms with Crippen LogP contribution in [0.5, 0.6) is 0 Å². The number of hydrogen-bond donors (Lipinski definition) is 3. The van der Waals surface area contributed by atoms with Crippen LogP contribution in [-0.2, 0) is 25.1 Å². The number of ether oxygens (including phenoxy) is 2. The van der Waals surface area contributed by atoms with E-state index in [1.165, 1.54) is 18.2 Å². The molecule has 0 bridgehead atoms. The molecule has 8 nitrogen and oxygen atoms in total. The molecule has 44 heavy (non-hydrogen) atoms. The van der Waals surface area contributed by atoms with Crippen molar-refractivity contribution in [2.75, 3.05) is 26.4 Å². The van der Waals surface area contributed by atoms with E-state index < -0.39 is 43.1 Å². The first-order valence-electron chi connectivity index (χ1n) is 15.3. The Hall–Kier alpha value is -2.70. The van der Waals surface area contributed by atoms with Crippen LogP contribution < -0.4 is 0 Å². The molecule has 0 radical (unpaired) electrons. The Labute approximate surface area is 259 Å². The summed E-state index contributed by atoms with van der Waals surface area (Å²) in [4.78, 5) is 22.4. The Kier molecular flexibility index (Phi) is 12.2. The summed E-state index contributed by atoms with van der Waals surface area (Å²) < 4.78 is 45.1. The highest BCUT2D eigenvalue weighted by molar-refractivity contribution is 6.69. The number of halogens is 2. The van der Waals surface area contributed by atoms with Gasteiger partial charge in [-0.05, 0) is 118 Å². The maximum absolute atomic E-state index is 14.1. The van der Waals surface area contributed by atoms with E-state index in [9.17, 15) is 28.6 Å². The van der Waals surface area contributed by atoms with Crippen LogP contribution >= 0.6 is 0 Å². The molecule has 2 atom stereocenters. The lowest BCUT2D eigenvalue weighted by atomic mass is 9.75. The first kappa shape index (κ1) is 35.8. The third-order valence-corrected chi connectivity index (χ3v) is 9.58. The fourth-order valence-electron chi connectivity index (χ4n) is 6.48. The van der Waals surface area contributed by atoms with E-state index in [0.717, 1.165) is 25.0 Å². The van der Waals surface area contributed by atoms with Crippen LogP contribution in [0.3, 0.4) is 0 Å². The highest BCUT2D eigenvalue weighted by Crippen LogP contribution is 2.45. The lowest BCUT2D eigenvalue weighted by molar-refractivity contribution is -0.0732. The van der Waals surface area contributed by atoms with Crippen molar-refractivity contribution in [1.82, 2.24) is 0 Å². The Bertz CT molecular complexity index is 1290. The summed E-state index contributed by atoms with van der Waals surface area (Å²) in [5.74, 6) is -3.36. The van der Waals surface area contributed by atoms with E-state index in [1.807, 2.05) is 13.8 Å². The van der Waals surface area contributed by atoms with Crippen LogP contribution in [0.4, 0.5) is 8.78 Å². The van der Waals surface area contributed by atoms with Crippen molar-refractivity contribution in [1.29, 1.82) is 0 Å². The fourth-order valence-corrected chi connectivity index (χ4v) is 8.00. The molecule has 0 saturated carbocycles. The number of hydrogen-bond acceptors (Lipinski definition) is 6. The molecule has 0 spiro atoms. The largest absolute Gasteiger partial charge is 0.478 e. The number of aliphatic hydroxyl groups is 1. The monoisotopic (exact) mass is 636 g/mol. The van der Waals surface area contributed by atoms with Gasteiger partial charge in [-0.2, -0.15) is 0 Å². The quantitative estimate of drug-likeness (QED) is 0.240. The molecule has 4 rings (SSSR count). The average Bonchev–Trinajstić information content (AvgIpc) is 2.99. The summed E-state index contributed by atoms with van der Waals surface area (Å²) in [5, 5.41) is 29.2. The summed E-state index contributed by atoms with van der Waals surface area (Å²) in [6.07, 6.45) is 4.10. The van der Waals surface area contributed by atoms with Crippen LogP contribution in [0, 0.1) is 23.5 Å². The molecule has 2 unspecified atom stereocenters. The Morgan fingerprint density at radius 1 is 0.773 bits per heavy atom. The van der Waals surface area contributed by atoms with Crippen molar-refractivity contribution in [2.24, 2.45) is 11.8 Å². The van der Waals surface area contributed by atoms with E-state index in [0.29, 0.717) is 63.2 Å². The molecule has 11 heteroatoms. The predicted octanol–water partition coefficient (Wildman–Crippen LogP) is 6.96. The highest BCUT2D eigenvalue weighted by atomic mass is 28.4. The summed E-state index contributed by atoms with van der Waals surface area (Å²) in [6.45, 7) is 12.6. The van der Waals surface area contributed by atoms with Gasteiger partial charge in [-0.15, -0.1) is 0 Å². The van der Waals surface area contributed by atoms with Crippen LogP contribution in [0.15, 0.2) is 36.4 Å².